The van der Waals surface area contributed by atoms with Crippen LogP contribution >= 0.6 is 11.6 Å². The van der Waals surface area contributed by atoms with Crippen LogP contribution in [0.3, 0.4) is 0 Å². The lowest BCUT2D eigenvalue weighted by atomic mass is 10.3. The zero-order chi connectivity index (χ0) is 16.9. The van der Waals surface area contributed by atoms with E-state index in [9.17, 15) is 13.2 Å². The van der Waals surface area contributed by atoms with E-state index in [4.69, 9.17) is 16.3 Å². The minimum atomic E-state index is -3.88. The van der Waals surface area contributed by atoms with Gasteiger partial charge in [0.05, 0.1) is 12.0 Å². The average molecular weight is 356 g/mol. The summed E-state index contributed by atoms with van der Waals surface area (Å²) >= 11 is 5.73. The van der Waals surface area contributed by atoms with Crippen LogP contribution in [0, 0.1) is 0 Å². The van der Waals surface area contributed by atoms with Gasteiger partial charge in [0.25, 0.3) is 10.0 Å². The molecule has 0 aliphatic rings. The minimum Gasteiger partial charge on any atom is -0.497 e. The third kappa shape index (κ3) is 4.85. The van der Waals surface area contributed by atoms with E-state index in [1.807, 2.05) is 4.83 Å². The van der Waals surface area contributed by atoms with Gasteiger partial charge in [0.15, 0.2) is 0 Å². The highest BCUT2D eigenvalue weighted by atomic mass is 35.5. The predicted molar refractivity (Wildman–Crippen MR) is 86.9 cm³/mol. The van der Waals surface area contributed by atoms with Gasteiger partial charge in [0.2, 0.25) is 0 Å². The van der Waals surface area contributed by atoms with Crippen molar-refractivity contribution in [2.24, 2.45) is 0 Å². The van der Waals surface area contributed by atoms with E-state index < -0.39 is 16.1 Å². The number of nitrogens with one attached hydrogen (secondary N) is 3. The monoisotopic (exact) mass is 355 g/mol. The zero-order valence-electron chi connectivity index (χ0n) is 12.0. The Morgan fingerprint density at radius 2 is 1.65 bits per heavy atom. The van der Waals surface area contributed by atoms with Crippen LogP contribution in [0.1, 0.15) is 0 Å². The normalized spacial score (nSPS) is 10.9. The van der Waals surface area contributed by atoms with Crippen molar-refractivity contribution < 1.29 is 17.9 Å². The summed E-state index contributed by atoms with van der Waals surface area (Å²) in [6.45, 7) is 0. The number of benzene rings is 2. The molecule has 0 aromatic heterocycles. The second kappa shape index (κ2) is 7.32. The van der Waals surface area contributed by atoms with Gasteiger partial charge < -0.3 is 10.1 Å². The molecule has 0 saturated carbocycles. The van der Waals surface area contributed by atoms with E-state index in [0.717, 1.165) is 0 Å². The lowest BCUT2D eigenvalue weighted by molar-refractivity contribution is 0.250. The number of urea groups is 1. The first kappa shape index (κ1) is 17.1. The Morgan fingerprint density at radius 1 is 1.04 bits per heavy atom. The van der Waals surface area contributed by atoms with Crippen LogP contribution in [0.15, 0.2) is 53.4 Å². The summed E-state index contributed by atoms with van der Waals surface area (Å²) in [6, 6.07) is 11.4. The lowest BCUT2D eigenvalue weighted by Crippen LogP contribution is -2.43. The summed E-state index contributed by atoms with van der Waals surface area (Å²) in [5.41, 5.74) is 2.53. The molecule has 7 nitrogen and oxygen atoms in total. The number of rotatable bonds is 5. The van der Waals surface area contributed by atoms with Crippen LogP contribution in [0.25, 0.3) is 0 Å². The van der Waals surface area contributed by atoms with Crippen molar-refractivity contribution in [1.82, 2.24) is 10.3 Å². The Bertz CT molecular complexity index is 777. The molecule has 0 saturated heterocycles. The van der Waals surface area contributed by atoms with E-state index in [0.29, 0.717) is 16.5 Å². The fourth-order valence-electron chi connectivity index (χ4n) is 1.62. The Kier molecular flexibility index (Phi) is 5.43. The van der Waals surface area contributed by atoms with Gasteiger partial charge in [-0.2, -0.15) is 0 Å². The molecule has 2 rings (SSSR count). The molecule has 122 valence electrons. The van der Waals surface area contributed by atoms with Gasteiger partial charge in [-0.3, -0.25) is 5.43 Å². The Morgan fingerprint density at radius 3 is 2.22 bits per heavy atom. The first-order valence-corrected chi connectivity index (χ1v) is 8.25. The van der Waals surface area contributed by atoms with E-state index in [1.54, 1.807) is 24.3 Å². The Labute approximate surface area is 138 Å². The average Bonchev–Trinajstić information content (AvgIpc) is 2.55. The molecule has 0 aliphatic heterocycles. The predicted octanol–water partition coefficient (Wildman–Crippen LogP) is 2.36. The maximum absolute atomic E-state index is 12.0. The van der Waals surface area contributed by atoms with Crippen LogP contribution in [-0.2, 0) is 10.0 Å². The third-order valence-electron chi connectivity index (χ3n) is 2.77. The van der Waals surface area contributed by atoms with Gasteiger partial charge in [-0.15, -0.1) is 4.83 Å². The summed E-state index contributed by atoms with van der Waals surface area (Å²) in [6.07, 6.45) is 0. The highest BCUT2D eigenvalue weighted by molar-refractivity contribution is 7.89. The van der Waals surface area contributed by atoms with Crippen molar-refractivity contribution in [2.45, 2.75) is 4.90 Å². The molecule has 3 N–H and O–H groups in total. The number of halogens is 1. The largest absolute Gasteiger partial charge is 0.497 e. The number of hydrazine groups is 1. The third-order valence-corrected chi connectivity index (χ3v) is 4.29. The summed E-state index contributed by atoms with van der Waals surface area (Å²) in [4.78, 5) is 13.7. The summed E-state index contributed by atoms with van der Waals surface area (Å²) in [5, 5.41) is 2.98. The van der Waals surface area contributed by atoms with E-state index in [1.165, 1.54) is 31.4 Å². The molecule has 0 spiro atoms. The fourth-order valence-corrected chi connectivity index (χ4v) is 2.59. The second-order valence-corrected chi connectivity index (χ2v) is 6.49. The molecule has 0 heterocycles. The summed E-state index contributed by atoms with van der Waals surface area (Å²) < 4.78 is 29.0. The van der Waals surface area contributed by atoms with Crippen molar-refractivity contribution >= 4 is 33.3 Å². The van der Waals surface area contributed by atoms with Crippen molar-refractivity contribution in [3.8, 4) is 5.75 Å². The van der Waals surface area contributed by atoms with Crippen molar-refractivity contribution in [3.05, 3.63) is 53.6 Å². The second-order valence-electron chi connectivity index (χ2n) is 4.37. The molecule has 0 unspecified atom stereocenters. The molecule has 0 radical (unpaired) electrons. The number of amides is 2. The molecule has 0 aliphatic carbocycles. The van der Waals surface area contributed by atoms with Crippen LogP contribution in [-0.4, -0.2) is 21.6 Å². The first-order valence-electron chi connectivity index (χ1n) is 6.39. The molecular weight excluding hydrogens is 342 g/mol. The quantitative estimate of drug-likeness (QED) is 0.717. The Hall–Kier alpha value is -2.29. The molecular formula is C14H14ClN3O4S. The lowest BCUT2D eigenvalue weighted by Gasteiger charge is -2.10. The number of hydrogen-bond acceptors (Lipinski definition) is 4. The number of hydrogen-bond donors (Lipinski definition) is 3. The number of ether oxygens (including phenoxy) is 1. The number of anilines is 1. The fraction of sp³-hybridized carbons (Fsp3) is 0.0714. The van der Waals surface area contributed by atoms with Gasteiger partial charge in [-0.1, -0.05) is 11.6 Å². The molecule has 2 aromatic carbocycles. The van der Waals surface area contributed by atoms with Gasteiger partial charge >= 0.3 is 6.03 Å². The highest BCUT2D eigenvalue weighted by Gasteiger charge is 2.15. The SMILES string of the molecule is COc1ccc(S(=O)(=O)NNC(=O)Nc2ccc(Cl)cc2)cc1. The van der Waals surface area contributed by atoms with Crippen LogP contribution in [0.5, 0.6) is 5.75 Å². The standard InChI is InChI=1S/C14H14ClN3O4S/c1-22-12-6-8-13(9-7-12)23(20,21)18-17-14(19)16-11-4-2-10(15)3-5-11/h2-9,18H,1H3,(H2,16,17,19). The molecule has 2 aromatic rings. The van der Waals surface area contributed by atoms with Crippen LogP contribution in [0.4, 0.5) is 10.5 Å². The first-order chi connectivity index (χ1) is 10.9. The van der Waals surface area contributed by atoms with Crippen LogP contribution in [0.2, 0.25) is 5.02 Å². The summed E-state index contributed by atoms with van der Waals surface area (Å²) in [5.74, 6) is 0.525. The summed E-state index contributed by atoms with van der Waals surface area (Å²) in [7, 11) is -2.40. The zero-order valence-corrected chi connectivity index (χ0v) is 13.6. The van der Waals surface area contributed by atoms with E-state index in [-0.39, 0.29) is 4.90 Å². The smallest absolute Gasteiger partial charge is 0.334 e. The molecule has 23 heavy (non-hydrogen) atoms. The number of methoxy groups -OCH3 is 1. The number of sulfonamides is 1. The molecule has 0 atom stereocenters. The maximum Gasteiger partial charge on any atom is 0.334 e. The molecule has 0 fully saturated rings. The molecule has 0 bridgehead atoms. The van der Waals surface area contributed by atoms with E-state index in [2.05, 4.69) is 10.7 Å². The molecule has 2 amide bonds. The molecule has 9 heteroatoms. The van der Waals surface area contributed by atoms with Gasteiger partial charge in [0, 0.05) is 10.7 Å². The van der Waals surface area contributed by atoms with Crippen molar-refractivity contribution in [3.63, 3.8) is 0 Å². The Balaban J connectivity index is 1.95. The van der Waals surface area contributed by atoms with Crippen LogP contribution < -0.4 is 20.3 Å². The van der Waals surface area contributed by atoms with Crippen molar-refractivity contribution in [1.29, 1.82) is 0 Å². The van der Waals surface area contributed by atoms with Gasteiger partial charge in [0.1, 0.15) is 5.75 Å². The minimum absolute atomic E-state index is 0.00917. The van der Waals surface area contributed by atoms with Crippen molar-refractivity contribution in [2.75, 3.05) is 12.4 Å². The highest BCUT2D eigenvalue weighted by Crippen LogP contribution is 2.15. The van der Waals surface area contributed by atoms with Gasteiger partial charge in [-0.05, 0) is 48.5 Å². The maximum atomic E-state index is 12.0. The number of carbonyl (C=O) groups is 1. The topological polar surface area (TPSA) is 96.5 Å². The number of carbonyl (C=O) groups excluding carboxylic acids is 1. The van der Waals surface area contributed by atoms with Gasteiger partial charge in [-0.25, -0.2) is 13.2 Å². The van der Waals surface area contributed by atoms with E-state index >= 15 is 0 Å².